The number of rotatable bonds is 4. The maximum Gasteiger partial charge on any atom is 0.494 e. The van der Waals surface area contributed by atoms with E-state index in [2.05, 4.69) is 0 Å². The molecule has 0 aromatic heterocycles. The van der Waals surface area contributed by atoms with Crippen LogP contribution in [0.5, 0.6) is 5.75 Å². The fraction of sp³-hybridized carbons (Fsp3) is 0.611. The summed E-state index contributed by atoms with van der Waals surface area (Å²) in [5, 5.41) is 0. The molecule has 0 aliphatic carbocycles. The van der Waals surface area contributed by atoms with E-state index in [1.54, 1.807) is 6.07 Å². The van der Waals surface area contributed by atoms with Crippen LogP contribution < -0.4 is 10.2 Å². The number of hydrogen-bond acceptors (Lipinski definition) is 5. The van der Waals surface area contributed by atoms with Gasteiger partial charge >= 0.3 is 13.1 Å². The minimum atomic E-state index is -0.502. The molecule has 2 rings (SSSR count). The molecule has 0 spiro atoms. The van der Waals surface area contributed by atoms with Crippen molar-refractivity contribution in [1.29, 1.82) is 0 Å². The molecule has 1 saturated heterocycles. The Kier molecular flexibility index (Phi) is 5.02. The highest BCUT2D eigenvalue weighted by molar-refractivity contribution is 6.62. The summed E-state index contributed by atoms with van der Waals surface area (Å²) >= 11 is 0. The molecule has 0 saturated carbocycles. The van der Waals surface area contributed by atoms with Gasteiger partial charge in [0.2, 0.25) is 0 Å². The average Bonchev–Trinajstić information content (AvgIpc) is 2.65. The van der Waals surface area contributed by atoms with E-state index in [1.807, 2.05) is 54.5 Å². The van der Waals surface area contributed by atoms with Crippen LogP contribution in [0.1, 0.15) is 57.5 Å². The van der Waals surface area contributed by atoms with Gasteiger partial charge in [-0.05, 0) is 65.6 Å². The van der Waals surface area contributed by atoms with Gasteiger partial charge in [0, 0.05) is 0 Å². The molecule has 6 heteroatoms. The molecule has 1 aliphatic heterocycles. The number of hydrogen-bond donors (Lipinski definition) is 0. The summed E-state index contributed by atoms with van der Waals surface area (Å²) in [5.74, 6) is 0.0742. The first-order valence-corrected chi connectivity index (χ1v) is 8.23. The first-order valence-electron chi connectivity index (χ1n) is 8.23. The molecule has 5 nitrogen and oxygen atoms in total. The number of aryl methyl sites for hydroxylation is 1. The quantitative estimate of drug-likeness (QED) is 0.626. The molecule has 1 aromatic carbocycles. The predicted molar refractivity (Wildman–Crippen MR) is 94.0 cm³/mol. The summed E-state index contributed by atoms with van der Waals surface area (Å²) in [6.07, 6.45) is -0.190. The summed E-state index contributed by atoms with van der Waals surface area (Å²) in [6.45, 7) is 13.5. The molecule has 1 heterocycles. The predicted octanol–water partition coefficient (Wildman–Crippen LogP) is 2.87. The molecule has 0 amide bonds. The van der Waals surface area contributed by atoms with E-state index in [-0.39, 0.29) is 12.1 Å². The zero-order chi connectivity index (χ0) is 18.3. The molecular formula is C18H27BO5. The molecule has 0 atom stereocenters. The smallest absolute Gasteiger partial charge is 0.494 e. The molecule has 0 radical (unpaired) electrons. The topological polar surface area (TPSA) is 54.0 Å². The maximum absolute atomic E-state index is 12.3. The highest BCUT2D eigenvalue weighted by atomic mass is 16.7. The van der Waals surface area contributed by atoms with Crippen LogP contribution >= 0.6 is 0 Å². The Bertz CT molecular complexity index is 621. The van der Waals surface area contributed by atoms with E-state index in [1.165, 1.54) is 7.11 Å². The van der Waals surface area contributed by atoms with Crippen molar-refractivity contribution in [3.05, 3.63) is 23.3 Å². The van der Waals surface area contributed by atoms with Crippen LogP contribution in [-0.4, -0.2) is 37.5 Å². The van der Waals surface area contributed by atoms with E-state index in [0.717, 1.165) is 11.0 Å². The van der Waals surface area contributed by atoms with Gasteiger partial charge in [-0.3, -0.25) is 0 Å². The van der Waals surface area contributed by atoms with Gasteiger partial charge < -0.3 is 18.8 Å². The number of esters is 1. The van der Waals surface area contributed by atoms with E-state index in [0.29, 0.717) is 11.3 Å². The van der Waals surface area contributed by atoms with Gasteiger partial charge in [0.05, 0.1) is 24.4 Å². The van der Waals surface area contributed by atoms with Crippen molar-refractivity contribution in [3.63, 3.8) is 0 Å². The van der Waals surface area contributed by atoms with Gasteiger partial charge in [0.25, 0.3) is 0 Å². The van der Waals surface area contributed by atoms with Crippen molar-refractivity contribution in [3.8, 4) is 5.75 Å². The lowest BCUT2D eigenvalue weighted by Gasteiger charge is -2.32. The van der Waals surface area contributed by atoms with Crippen molar-refractivity contribution in [2.24, 2.45) is 0 Å². The second kappa shape index (κ2) is 6.41. The van der Waals surface area contributed by atoms with Gasteiger partial charge in [-0.2, -0.15) is 0 Å². The number of carbonyl (C=O) groups excluding carboxylic acids is 1. The van der Waals surface area contributed by atoms with Crippen molar-refractivity contribution in [2.45, 2.75) is 65.8 Å². The van der Waals surface area contributed by atoms with Crippen LogP contribution in [0.25, 0.3) is 0 Å². The standard InChI is InChI=1S/C18H27BO5/c1-11(2)22-16(20)15-12(3)9-13(10-14(15)21-8)19-23-17(4,5)18(6,7)24-19/h9-11H,1-8H3. The Labute approximate surface area is 144 Å². The third-order valence-electron chi connectivity index (χ3n) is 4.61. The minimum Gasteiger partial charge on any atom is -0.496 e. The third-order valence-corrected chi connectivity index (χ3v) is 4.61. The molecule has 1 aromatic rings. The zero-order valence-electron chi connectivity index (χ0n) is 15.9. The first-order chi connectivity index (χ1) is 11.0. The number of methoxy groups -OCH3 is 1. The Morgan fingerprint density at radius 2 is 1.67 bits per heavy atom. The van der Waals surface area contributed by atoms with Crippen molar-refractivity contribution in [1.82, 2.24) is 0 Å². The SMILES string of the molecule is COc1cc(B2OC(C)(C)C(C)(C)O2)cc(C)c1C(=O)OC(C)C. The van der Waals surface area contributed by atoms with E-state index < -0.39 is 18.3 Å². The van der Waals surface area contributed by atoms with Gasteiger partial charge in [-0.25, -0.2) is 4.79 Å². The third kappa shape index (κ3) is 3.45. The second-order valence-corrected chi connectivity index (χ2v) is 7.46. The van der Waals surface area contributed by atoms with E-state index in [9.17, 15) is 4.79 Å². The number of benzene rings is 1. The Balaban J connectivity index is 2.39. The molecule has 1 aliphatic rings. The summed E-state index contributed by atoms with van der Waals surface area (Å²) in [6, 6.07) is 3.67. The molecule has 0 N–H and O–H groups in total. The Morgan fingerprint density at radius 1 is 1.12 bits per heavy atom. The molecular weight excluding hydrogens is 307 g/mol. The Morgan fingerprint density at radius 3 is 2.12 bits per heavy atom. The lowest BCUT2D eigenvalue weighted by atomic mass is 9.77. The zero-order valence-corrected chi connectivity index (χ0v) is 15.9. The van der Waals surface area contributed by atoms with Gasteiger partial charge in [-0.1, -0.05) is 6.07 Å². The molecule has 132 valence electrons. The number of carbonyl (C=O) groups is 1. The van der Waals surface area contributed by atoms with Crippen LogP contribution in [0.2, 0.25) is 0 Å². The van der Waals surface area contributed by atoms with Crippen molar-refractivity contribution in [2.75, 3.05) is 7.11 Å². The van der Waals surface area contributed by atoms with Crippen LogP contribution in [-0.2, 0) is 14.0 Å². The first kappa shape index (κ1) is 18.8. The lowest BCUT2D eigenvalue weighted by molar-refractivity contribution is 0.00578. The monoisotopic (exact) mass is 334 g/mol. The summed E-state index contributed by atoms with van der Waals surface area (Å²) in [5.41, 5.74) is 1.18. The fourth-order valence-corrected chi connectivity index (χ4v) is 2.59. The molecule has 0 bridgehead atoms. The molecule has 24 heavy (non-hydrogen) atoms. The normalized spacial score (nSPS) is 18.8. The second-order valence-electron chi connectivity index (χ2n) is 7.46. The van der Waals surface area contributed by atoms with E-state index in [4.69, 9.17) is 18.8 Å². The maximum atomic E-state index is 12.3. The average molecular weight is 334 g/mol. The lowest BCUT2D eigenvalue weighted by Crippen LogP contribution is -2.41. The molecule has 0 unspecified atom stereocenters. The van der Waals surface area contributed by atoms with Crippen molar-refractivity contribution < 1.29 is 23.6 Å². The van der Waals surface area contributed by atoms with Crippen LogP contribution in [0.4, 0.5) is 0 Å². The molecule has 1 fully saturated rings. The summed E-state index contributed by atoms with van der Waals surface area (Å²) in [4.78, 5) is 12.3. The highest BCUT2D eigenvalue weighted by Gasteiger charge is 2.52. The van der Waals surface area contributed by atoms with Crippen LogP contribution in [0.3, 0.4) is 0 Å². The van der Waals surface area contributed by atoms with Crippen LogP contribution in [0, 0.1) is 6.92 Å². The number of ether oxygens (including phenoxy) is 2. The fourth-order valence-electron chi connectivity index (χ4n) is 2.59. The largest absolute Gasteiger partial charge is 0.496 e. The van der Waals surface area contributed by atoms with Gasteiger partial charge in [0.15, 0.2) is 0 Å². The minimum absolute atomic E-state index is 0.190. The summed E-state index contributed by atoms with van der Waals surface area (Å²) < 4.78 is 22.9. The van der Waals surface area contributed by atoms with E-state index >= 15 is 0 Å². The van der Waals surface area contributed by atoms with Crippen molar-refractivity contribution >= 4 is 18.6 Å². The van der Waals surface area contributed by atoms with Gasteiger partial charge in [-0.15, -0.1) is 0 Å². The van der Waals surface area contributed by atoms with Crippen LogP contribution in [0.15, 0.2) is 12.1 Å². The highest BCUT2D eigenvalue weighted by Crippen LogP contribution is 2.37. The summed E-state index contributed by atoms with van der Waals surface area (Å²) in [7, 11) is 1.03. The van der Waals surface area contributed by atoms with Gasteiger partial charge in [0.1, 0.15) is 11.3 Å². The Hall–Kier alpha value is -1.53.